The molecule has 0 aromatic heterocycles. The van der Waals surface area contributed by atoms with Gasteiger partial charge in [0, 0.05) is 19.6 Å². The highest BCUT2D eigenvalue weighted by Crippen LogP contribution is 2.29. The minimum atomic E-state index is -4.32. The Morgan fingerprint density at radius 1 is 1.00 bits per heavy atom. The molecule has 0 heterocycles. The van der Waals surface area contributed by atoms with Gasteiger partial charge in [-0.15, -0.1) is 0 Å². The lowest BCUT2D eigenvalue weighted by Gasteiger charge is -2.12. The fourth-order valence-electron chi connectivity index (χ4n) is 2.73. The summed E-state index contributed by atoms with van der Waals surface area (Å²) in [4.78, 5) is 15.2. The minimum Gasteiger partial charge on any atom is -0.484 e. The molecule has 2 aromatic carbocycles. The molecular formula is C22H27F3N4O2. The molecule has 0 aliphatic rings. The van der Waals surface area contributed by atoms with Gasteiger partial charge in [-0.05, 0) is 55.2 Å². The number of benzene rings is 2. The van der Waals surface area contributed by atoms with Gasteiger partial charge in [0.1, 0.15) is 5.75 Å². The van der Waals surface area contributed by atoms with E-state index >= 15 is 0 Å². The average molecular weight is 436 g/mol. The van der Waals surface area contributed by atoms with Crippen molar-refractivity contribution in [1.29, 1.82) is 0 Å². The monoisotopic (exact) mass is 436 g/mol. The van der Waals surface area contributed by atoms with Gasteiger partial charge >= 0.3 is 6.18 Å². The van der Waals surface area contributed by atoms with Crippen LogP contribution in [0.3, 0.4) is 0 Å². The second-order valence-electron chi connectivity index (χ2n) is 6.78. The van der Waals surface area contributed by atoms with Crippen LogP contribution in [0.25, 0.3) is 0 Å². The number of nitrogens with zero attached hydrogens (tertiary/aromatic N) is 1. The third-order valence-electron chi connectivity index (χ3n) is 4.31. The molecule has 0 aliphatic carbocycles. The largest absolute Gasteiger partial charge is 0.484 e. The van der Waals surface area contributed by atoms with Gasteiger partial charge in [-0.3, -0.25) is 9.79 Å². The second kappa shape index (κ2) is 11.8. The predicted molar refractivity (Wildman–Crippen MR) is 114 cm³/mol. The van der Waals surface area contributed by atoms with Gasteiger partial charge in [-0.1, -0.05) is 24.3 Å². The summed E-state index contributed by atoms with van der Waals surface area (Å²) < 4.78 is 43.1. The van der Waals surface area contributed by atoms with Crippen molar-refractivity contribution in [2.24, 2.45) is 10.7 Å². The number of ether oxygens (including phenoxy) is 1. The quantitative estimate of drug-likeness (QED) is 0.395. The lowest BCUT2D eigenvalue weighted by molar-refractivity contribution is -0.137. The zero-order valence-electron chi connectivity index (χ0n) is 17.3. The number of nitrogens with two attached hydrogens (primary N) is 1. The molecule has 31 heavy (non-hydrogen) atoms. The van der Waals surface area contributed by atoms with Gasteiger partial charge in [-0.25, -0.2) is 0 Å². The first-order chi connectivity index (χ1) is 14.8. The molecule has 6 nitrogen and oxygen atoms in total. The van der Waals surface area contributed by atoms with E-state index in [2.05, 4.69) is 15.6 Å². The van der Waals surface area contributed by atoms with E-state index < -0.39 is 17.6 Å². The Bertz CT molecular complexity index is 851. The molecule has 1 amide bonds. The predicted octanol–water partition coefficient (Wildman–Crippen LogP) is 2.91. The van der Waals surface area contributed by atoms with E-state index in [1.165, 1.54) is 12.1 Å². The molecular weight excluding hydrogens is 409 g/mol. The van der Waals surface area contributed by atoms with E-state index in [4.69, 9.17) is 10.5 Å². The Morgan fingerprint density at radius 2 is 1.61 bits per heavy atom. The van der Waals surface area contributed by atoms with Crippen molar-refractivity contribution in [3.63, 3.8) is 0 Å². The van der Waals surface area contributed by atoms with E-state index in [1.807, 2.05) is 19.1 Å². The maximum absolute atomic E-state index is 12.6. The molecule has 0 saturated heterocycles. The van der Waals surface area contributed by atoms with Crippen LogP contribution in [0.4, 0.5) is 13.2 Å². The van der Waals surface area contributed by atoms with Crippen molar-refractivity contribution in [2.75, 3.05) is 26.2 Å². The standard InChI is InChI=1S/C22H27F3N4O2/c1-2-27-21(28-13-11-16-3-7-18(8-4-16)22(23,24)25)29-14-12-17-5-9-19(10-6-17)31-15-20(26)30/h3-10H,2,11-15H2,1H3,(H2,26,30)(H2,27,28,29). The van der Waals surface area contributed by atoms with Crippen LogP contribution in [0.2, 0.25) is 0 Å². The van der Waals surface area contributed by atoms with Gasteiger partial charge < -0.3 is 21.1 Å². The minimum absolute atomic E-state index is 0.157. The molecule has 0 radical (unpaired) electrons. The van der Waals surface area contributed by atoms with E-state index in [9.17, 15) is 18.0 Å². The molecule has 2 aromatic rings. The van der Waals surface area contributed by atoms with Crippen molar-refractivity contribution in [3.8, 4) is 5.75 Å². The highest BCUT2D eigenvalue weighted by molar-refractivity contribution is 5.79. The summed E-state index contributed by atoms with van der Waals surface area (Å²) in [6.45, 7) is 3.59. The smallest absolute Gasteiger partial charge is 0.416 e. The van der Waals surface area contributed by atoms with Crippen molar-refractivity contribution in [2.45, 2.75) is 25.9 Å². The zero-order chi connectivity index (χ0) is 22.7. The Morgan fingerprint density at radius 3 is 2.19 bits per heavy atom. The Kier molecular flexibility index (Phi) is 9.17. The number of carbonyl (C=O) groups excluding carboxylic acids is 1. The average Bonchev–Trinajstić information content (AvgIpc) is 2.73. The highest BCUT2D eigenvalue weighted by Gasteiger charge is 2.29. The summed E-state index contributed by atoms with van der Waals surface area (Å²) in [6.07, 6.45) is -3.03. The molecule has 0 atom stereocenters. The van der Waals surface area contributed by atoms with Crippen LogP contribution in [0.5, 0.6) is 5.75 Å². The maximum atomic E-state index is 12.6. The normalized spacial score (nSPS) is 11.8. The summed E-state index contributed by atoms with van der Waals surface area (Å²) >= 11 is 0. The number of halogens is 3. The highest BCUT2D eigenvalue weighted by atomic mass is 19.4. The van der Waals surface area contributed by atoms with Crippen LogP contribution in [-0.2, 0) is 23.8 Å². The number of hydrogen-bond acceptors (Lipinski definition) is 3. The number of guanidine groups is 1. The van der Waals surface area contributed by atoms with Gasteiger partial charge in [0.25, 0.3) is 5.91 Å². The van der Waals surface area contributed by atoms with E-state index in [-0.39, 0.29) is 6.61 Å². The number of nitrogens with one attached hydrogen (secondary N) is 2. The molecule has 0 aliphatic heterocycles. The topological polar surface area (TPSA) is 88.7 Å². The summed E-state index contributed by atoms with van der Waals surface area (Å²) in [7, 11) is 0. The summed E-state index contributed by atoms with van der Waals surface area (Å²) in [5.74, 6) is 0.700. The number of aliphatic imine (C=N–C) groups is 1. The number of carbonyl (C=O) groups is 1. The van der Waals surface area contributed by atoms with Crippen LogP contribution in [0, 0.1) is 0 Å². The summed E-state index contributed by atoms with van der Waals surface area (Å²) in [5.41, 5.74) is 6.28. The molecule has 0 bridgehead atoms. The second-order valence-corrected chi connectivity index (χ2v) is 6.78. The van der Waals surface area contributed by atoms with Crippen LogP contribution < -0.4 is 21.1 Å². The van der Waals surface area contributed by atoms with E-state index in [1.54, 1.807) is 12.1 Å². The molecule has 168 valence electrons. The first-order valence-electron chi connectivity index (χ1n) is 9.96. The zero-order valence-corrected chi connectivity index (χ0v) is 17.3. The third kappa shape index (κ3) is 8.98. The summed E-state index contributed by atoms with van der Waals surface area (Å²) in [6, 6.07) is 12.5. The first kappa shape index (κ1) is 24.0. The lowest BCUT2D eigenvalue weighted by Crippen LogP contribution is -2.38. The Labute approximate surface area is 179 Å². The molecule has 2 rings (SSSR count). The molecule has 0 unspecified atom stereocenters. The Balaban J connectivity index is 1.80. The number of hydrogen-bond donors (Lipinski definition) is 3. The molecule has 9 heteroatoms. The van der Waals surface area contributed by atoms with E-state index in [0.717, 1.165) is 29.7 Å². The SMILES string of the molecule is CCNC(=NCCc1ccc(C(F)(F)F)cc1)NCCc1ccc(OCC(N)=O)cc1. The van der Waals surface area contributed by atoms with E-state index in [0.29, 0.717) is 37.8 Å². The number of rotatable bonds is 10. The molecule has 4 N–H and O–H groups in total. The third-order valence-corrected chi connectivity index (χ3v) is 4.31. The van der Waals surface area contributed by atoms with Crippen LogP contribution in [0.15, 0.2) is 53.5 Å². The molecule has 0 fully saturated rings. The number of amides is 1. The first-order valence-corrected chi connectivity index (χ1v) is 9.96. The summed E-state index contributed by atoms with van der Waals surface area (Å²) in [5, 5.41) is 6.38. The van der Waals surface area contributed by atoms with Crippen molar-refractivity contribution in [1.82, 2.24) is 10.6 Å². The van der Waals surface area contributed by atoms with Crippen molar-refractivity contribution < 1.29 is 22.7 Å². The molecule has 0 spiro atoms. The lowest BCUT2D eigenvalue weighted by atomic mass is 10.1. The molecule has 0 saturated carbocycles. The fourth-order valence-corrected chi connectivity index (χ4v) is 2.73. The number of alkyl halides is 3. The fraction of sp³-hybridized carbons (Fsp3) is 0.364. The maximum Gasteiger partial charge on any atom is 0.416 e. The van der Waals surface area contributed by atoms with Gasteiger partial charge in [0.05, 0.1) is 5.56 Å². The van der Waals surface area contributed by atoms with Crippen LogP contribution in [0.1, 0.15) is 23.6 Å². The number of primary amides is 1. The van der Waals surface area contributed by atoms with Crippen molar-refractivity contribution >= 4 is 11.9 Å². The van der Waals surface area contributed by atoms with Crippen LogP contribution >= 0.6 is 0 Å². The van der Waals surface area contributed by atoms with Crippen molar-refractivity contribution in [3.05, 3.63) is 65.2 Å². The van der Waals surface area contributed by atoms with Gasteiger partial charge in [-0.2, -0.15) is 13.2 Å². The van der Waals surface area contributed by atoms with Gasteiger partial charge in [0.2, 0.25) is 0 Å². The van der Waals surface area contributed by atoms with Gasteiger partial charge in [0.15, 0.2) is 12.6 Å². The Hall–Kier alpha value is -3.23. The van der Waals surface area contributed by atoms with Crippen LogP contribution in [-0.4, -0.2) is 38.1 Å².